The van der Waals surface area contributed by atoms with Gasteiger partial charge < -0.3 is 4.90 Å². The summed E-state index contributed by atoms with van der Waals surface area (Å²) < 4.78 is -0.343. The van der Waals surface area contributed by atoms with Crippen LogP contribution in [-0.2, 0) is 14.4 Å². The van der Waals surface area contributed by atoms with Crippen LogP contribution in [0.3, 0.4) is 0 Å². The van der Waals surface area contributed by atoms with Gasteiger partial charge in [-0.05, 0) is 32.3 Å². The summed E-state index contributed by atoms with van der Waals surface area (Å²) in [5, 5.41) is 0. The highest BCUT2D eigenvalue weighted by molar-refractivity contribution is 8.18. The van der Waals surface area contributed by atoms with Crippen LogP contribution in [0.25, 0.3) is 0 Å². The Labute approximate surface area is 157 Å². The fourth-order valence-electron chi connectivity index (χ4n) is 3.85. The first-order valence-electron chi connectivity index (χ1n) is 8.75. The summed E-state index contributed by atoms with van der Waals surface area (Å²) in [6.45, 7) is 8.86. The summed E-state index contributed by atoms with van der Waals surface area (Å²) in [6.07, 6.45) is 1.33. The maximum atomic E-state index is 12.6. The van der Waals surface area contributed by atoms with Crippen molar-refractivity contribution in [1.82, 2.24) is 9.80 Å². The maximum Gasteiger partial charge on any atom is 0.257 e. The van der Waals surface area contributed by atoms with Gasteiger partial charge in [0.25, 0.3) is 17.7 Å². The molecule has 0 radical (unpaired) electrons. The van der Waals surface area contributed by atoms with Gasteiger partial charge in [-0.25, -0.2) is 0 Å². The highest BCUT2D eigenvalue weighted by Gasteiger charge is 2.53. The zero-order valence-electron chi connectivity index (χ0n) is 15.2. The molecule has 1 unspecified atom stereocenters. The molecule has 0 aliphatic carbocycles. The van der Waals surface area contributed by atoms with E-state index in [1.165, 1.54) is 4.90 Å². The van der Waals surface area contributed by atoms with Gasteiger partial charge in [0.05, 0.1) is 0 Å². The van der Waals surface area contributed by atoms with E-state index in [1.807, 2.05) is 18.7 Å². The Balaban J connectivity index is 1.70. The van der Waals surface area contributed by atoms with Gasteiger partial charge in [0, 0.05) is 41.3 Å². The minimum absolute atomic E-state index is 0.150. The Hall–Kier alpha value is -1.21. The summed E-state index contributed by atoms with van der Waals surface area (Å²) in [6, 6.07) is 0. The van der Waals surface area contributed by atoms with Crippen molar-refractivity contribution in [3.8, 4) is 0 Å². The summed E-state index contributed by atoms with van der Waals surface area (Å²) in [5.41, 5.74) is 3.26. The lowest BCUT2D eigenvalue weighted by Crippen LogP contribution is -2.40. The van der Waals surface area contributed by atoms with Crippen LogP contribution in [0.1, 0.15) is 40.5 Å². The van der Waals surface area contributed by atoms with E-state index in [0.717, 1.165) is 29.9 Å². The number of carbonyl (C=O) groups is 3. The fourth-order valence-corrected chi connectivity index (χ4v) is 7.12. The second kappa shape index (κ2) is 6.83. The number of rotatable bonds is 6. The first-order chi connectivity index (χ1) is 11.9. The van der Waals surface area contributed by atoms with Crippen LogP contribution < -0.4 is 0 Å². The van der Waals surface area contributed by atoms with Crippen LogP contribution in [0.2, 0.25) is 0 Å². The number of nitrogens with zero attached hydrogens (tertiary/aromatic N) is 2. The molecule has 0 spiro atoms. The number of hydrogen-bond acceptors (Lipinski definition) is 5. The van der Waals surface area contributed by atoms with Gasteiger partial charge in [-0.3, -0.25) is 19.3 Å². The summed E-state index contributed by atoms with van der Waals surface area (Å²) in [4.78, 5) is 40.6. The summed E-state index contributed by atoms with van der Waals surface area (Å²) in [5.74, 6) is 1.39. The number of fused-ring (bicyclic) bond motifs is 1. The number of hydrogen-bond donors (Lipinski definition) is 0. The summed E-state index contributed by atoms with van der Waals surface area (Å²) in [7, 11) is 0. The number of thioether (sulfide) groups is 2. The Bertz CT molecular complexity index is 713. The predicted molar refractivity (Wildman–Crippen MR) is 102 cm³/mol. The third-order valence-electron chi connectivity index (χ3n) is 5.24. The van der Waals surface area contributed by atoms with Crippen molar-refractivity contribution in [2.45, 2.75) is 44.7 Å². The Kier molecular flexibility index (Phi) is 5.08. The molecule has 3 aliphatic heterocycles. The van der Waals surface area contributed by atoms with E-state index < -0.39 is 0 Å². The molecule has 3 aliphatic rings. The van der Waals surface area contributed by atoms with Crippen LogP contribution >= 0.6 is 23.5 Å². The Morgan fingerprint density at radius 1 is 1.04 bits per heavy atom. The van der Waals surface area contributed by atoms with Crippen LogP contribution in [0.4, 0.5) is 0 Å². The lowest BCUT2D eigenvalue weighted by Gasteiger charge is -2.32. The topological polar surface area (TPSA) is 57.7 Å². The van der Waals surface area contributed by atoms with Crippen LogP contribution in [0, 0.1) is 0 Å². The molecule has 1 saturated heterocycles. The van der Waals surface area contributed by atoms with Crippen molar-refractivity contribution >= 4 is 41.2 Å². The molecule has 3 rings (SSSR count). The smallest absolute Gasteiger partial charge is 0.257 e. The van der Waals surface area contributed by atoms with E-state index in [-0.39, 0.29) is 21.9 Å². The third-order valence-corrected chi connectivity index (χ3v) is 8.56. The molecule has 1 fully saturated rings. The van der Waals surface area contributed by atoms with Crippen LogP contribution in [0.15, 0.2) is 22.3 Å². The van der Waals surface area contributed by atoms with Crippen molar-refractivity contribution in [3.63, 3.8) is 0 Å². The van der Waals surface area contributed by atoms with Gasteiger partial charge in [0.2, 0.25) is 0 Å². The van der Waals surface area contributed by atoms with Gasteiger partial charge in [0.1, 0.15) is 0 Å². The lowest BCUT2D eigenvalue weighted by molar-refractivity contribution is -0.137. The van der Waals surface area contributed by atoms with E-state index in [9.17, 15) is 14.4 Å². The highest BCUT2D eigenvalue weighted by atomic mass is 32.2. The average molecular weight is 381 g/mol. The molecule has 0 aromatic rings. The zero-order valence-corrected chi connectivity index (χ0v) is 16.8. The molecule has 0 aromatic heterocycles. The molecule has 25 heavy (non-hydrogen) atoms. The lowest BCUT2D eigenvalue weighted by atomic mass is 10.1. The summed E-state index contributed by atoms with van der Waals surface area (Å²) >= 11 is 3.47. The van der Waals surface area contributed by atoms with Gasteiger partial charge in [-0.15, -0.1) is 23.5 Å². The largest absolute Gasteiger partial charge is 0.311 e. The maximum absolute atomic E-state index is 12.6. The van der Waals surface area contributed by atoms with Gasteiger partial charge in [-0.1, -0.05) is 13.8 Å². The van der Waals surface area contributed by atoms with Crippen LogP contribution in [-0.4, -0.2) is 56.3 Å². The quantitative estimate of drug-likeness (QED) is 0.663. The monoisotopic (exact) mass is 380 g/mol. The van der Waals surface area contributed by atoms with Crippen molar-refractivity contribution < 1.29 is 14.4 Å². The fraction of sp³-hybridized carbons (Fsp3) is 0.611. The first-order valence-corrected chi connectivity index (χ1v) is 10.7. The number of imide groups is 1. The molecule has 7 heteroatoms. The molecule has 5 nitrogen and oxygen atoms in total. The Morgan fingerprint density at radius 3 is 2.32 bits per heavy atom. The zero-order chi connectivity index (χ0) is 18.4. The van der Waals surface area contributed by atoms with Crippen LogP contribution in [0.5, 0.6) is 0 Å². The van der Waals surface area contributed by atoms with E-state index in [1.54, 1.807) is 30.4 Å². The minimum atomic E-state index is -0.343. The second-order valence-corrected chi connectivity index (χ2v) is 9.25. The van der Waals surface area contributed by atoms with E-state index in [0.29, 0.717) is 29.9 Å². The van der Waals surface area contributed by atoms with Gasteiger partial charge >= 0.3 is 0 Å². The van der Waals surface area contributed by atoms with Crippen molar-refractivity contribution in [2.75, 3.05) is 24.6 Å². The predicted octanol–water partition coefficient (Wildman–Crippen LogP) is 2.78. The van der Waals surface area contributed by atoms with E-state index in [2.05, 4.69) is 6.92 Å². The van der Waals surface area contributed by atoms with Crippen molar-refractivity contribution in [3.05, 3.63) is 22.3 Å². The van der Waals surface area contributed by atoms with Gasteiger partial charge in [-0.2, -0.15) is 0 Å². The van der Waals surface area contributed by atoms with E-state index in [4.69, 9.17) is 0 Å². The van der Waals surface area contributed by atoms with E-state index >= 15 is 0 Å². The normalized spacial score (nSPS) is 26.6. The molecule has 136 valence electrons. The third kappa shape index (κ3) is 2.67. The SMILES string of the molecule is CCC1=C(C)C(=O)N(CCSC23SCCN2C(=O)C(CC)=C3C)C1=O. The average Bonchev–Trinajstić information content (AvgIpc) is 3.16. The highest BCUT2D eigenvalue weighted by Crippen LogP contribution is 2.55. The Morgan fingerprint density at radius 2 is 1.72 bits per heavy atom. The number of carbonyl (C=O) groups excluding carboxylic acids is 3. The molecule has 0 saturated carbocycles. The van der Waals surface area contributed by atoms with Crippen molar-refractivity contribution in [1.29, 1.82) is 0 Å². The molecule has 0 bridgehead atoms. The van der Waals surface area contributed by atoms with Gasteiger partial charge in [0.15, 0.2) is 4.20 Å². The molecule has 1 atom stereocenters. The minimum Gasteiger partial charge on any atom is -0.311 e. The standard InChI is InChI=1S/C18H24N2O3S2/c1-5-13-11(3)15(21)19(16(13)22)7-9-24-18-12(4)14(6-2)17(23)20(18)8-10-25-18/h5-10H2,1-4H3. The number of amides is 3. The molecule has 3 amide bonds. The molecular weight excluding hydrogens is 356 g/mol. The first kappa shape index (κ1) is 18.6. The van der Waals surface area contributed by atoms with Crippen molar-refractivity contribution in [2.24, 2.45) is 0 Å². The molecular formula is C18H24N2O3S2. The molecule has 0 aromatic carbocycles. The second-order valence-electron chi connectivity index (χ2n) is 6.41. The molecule has 0 N–H and O–H groups in total. The molecule has 3 heterocycles.